The van der Waals surface area contributed by atoms with E-state index in [1.165, 1.54) is 11.9 Å². The highest BCUT2D eigenvalue weighted by atomic mass is 16.5. The quantitative estimate of drug-likeness (QED) is 0.691. The van der Waals surface area contributed by atoms with Gasteiger partial charge in [0.25, 0.3) is 0 Å². The topological polar surface area (TPSA) is 79.0 Å². The molecule has 1 fully saturated rings. The summed E-state index contributed by atoms with van der Waals surface area (Å²) in [4.78, 5) is 3.96. The molecular formula is C18H22N6O2. The second kappa shape index (κ2) is 7.67. The molecule has 1 aromatic carbocycles. The molecule has 0 spiro atoms. The van der Waals surface area contributed by atoms with Gasteiger partial charge in [0.15, 0.2) is 5.75 Å². The minimum atomic E-state index is -0.0149. The third kappa shape index (κ3) is 3.76. The van der Waals surface area contributed by atoms with Crippen LogP contribution in [0.2, 0.25) is 0 Å². The van der Waals surface area contributed by atoms with Crippen LogP contribution in [0.3, 0.4) is 0 Å². The van der Waals surface area contributed by atoms with Crippen LogP contribution in [0.1, 0.15) is 12.5 Å². The molecule has 0 saturated carbocycles. The number of nitrogens with zero attached hydrogens (tertiary/aromatic N) is 5. The summed E-state index contributed by atoms with van der Waals surface area (Å²) < 4.78 is 15.2. The first-order valence-corrected chi connectivity index (χ1v) is 8.76. The molecule has 136 valence electrons. The highest BCUT2D eigenvalue weighted by Crippen LogP contribution is 2.17. The average Bonchev–Trinajstić information content (AvgIpc) is 3.43. The molecular weight excluding hydrogens is 332 g/mol. The van der Waals surface area contributed by atoms with E-state index in [9.17, 15) is 0 Å². The predicted molar refractivity (Wildman–Crippen MR) is 95.1 cm³/mol. The molecule has 0 aliphatic carbocycles. The van der Waals surface area contributed by atoms with Crippen molar-refractivity contribution in [3.63, 3.8) is 0 Å². The zero-order valence-corrected chi connectivity index (χ0v) is 14.7. The zero-order valence-electron chi connectivity index (χ0n) is 14.7. The SMILES string of the molecule is CCn1cc(O[C@@H]2COC[C@@H]2NCc2ccc(-n3cncn3)cc2)cn1. The lowest BCUT2D eigenvalue weighted by atomic mass is 10.1. The summed E-state index contributed by atoms with van der Waals surface area (Å²) in [6, 6.07) is 8.38. The van der Waals surface area contributed by atoms with Crippen LogP contribution >= 0.6 is 0 Å². The van der Waals surface area contributed by atoms with Gasteiger partial charge in [0.1, 0.15) is 18.8 Å². The van der Waals surface area contributed by atoms with Gasteiger partial charge in [0, 0.05) is 13.1 Å². The van der Waals surface area contributed by atoms with E-state index in [1.807, 2.05) is 29.9 Å². The number of aromatic nitrogens is 5. The molecule has 26 heavy (non-hydrogen) atoms. The normalized spacial score (nSPS) is 19.7. The predicted octanol–water partition coefficient (Wildman–Crippen LogP) is 1.42. The lowest BCUT2D eigenvalue weighted by molar-refractivity contribution is 0.139. The summed E-state index contributed by atoms with van der Waals surface area (Å²) in [7, 11) is 0. The van der Waals surface area contributed by atoms with Crippen LogP contribution in [0.5, 0.6) is 5.75 Å². The summed E-state index contributed by atoms with van der Waals surface area (Å²) in [5.41, 5.74) is 2.18. The highest BCUT2D eigenvalue weighted by molar-refractivity contribution is 5.33. The molecule has 4 rings (SSSR count). The number of ether oxygens (including phenoxy) is 2. The monoisotopic (exact) mass is 354 g/mol. The van der Waals surface area contributed by atoms with Crippen LogP contribution in [0.4, 0.5) is 0 Å². The number of benzene rings is 1. The van der Waals surface area contributed by atoms with Crippen LogP contribution in [-0.4, -0.2) is 49.9 Å². The maximum absolute atomic E-state index is 6.04. The molecule has 8 heteroatoms. The maximum Gasteiger partial charge on any atom is 0.157 e. The molecule has 1 saturated heterocycles. The van der Waals surface area contributed by atoms with Crippen molar-refractivity contribution in [3.8, 4) is 11.4 Å². The zero-order chi connectivity index (χ0) is 17.8. The molecule has 0 amide bonds. The Balaban J connectivity index is 1.33. The Hall–Kier alpha value is -2.71. The molecule has 3 aromatic rings. The molecule has 2 atom stereocenters. The minimum absolute atomic E-state index is 0.0149. The van der Waals surface area contributed by atoms with Crippen LogP contribution in [0.15, 0.2) is 49.3 Å². The van der Waals surface area contributed by atoms with Gasteiger partial charge in [0.05, 0.1) is 37.3 Å². The number of hydrogen-bond acceptors (Lipinski definition) is 6. The lowest BCUT2D eigenvalue weighted by Gasteiger charge is -2.19. The summed E-state index contributed by atoms with van der Waals surface area (Å²) in [6.07, 6.45) is 6.87. The molecule has 2 aromatic heterocycles. The third-order valence-corrected chi connectivity index (χ3v) is 4.44. The Morgan fingerprint density at radius 3 is 2.85 bits per heavy atom. The van der Waals surface area contributed by atoms with Crippen molar-refractivity contribution in [2.24, 2.45) is 0 Å². The van der Waals surface area contributed by atoms with E-state index in [2.05, 4.69) is 32.6 Å². The first-order chi connectivity index (χ1) is 12.8. The number of rotatable bonds is 7. The van der Waals surface area contributed by atoms with Gasteiger partial charge in [-0.15, -0.1) is 0 Å². The van der Waals surface area contributed by atoms with Crippen molar-refractivity contribution in [2.75, 3.05) is 13.2 Å². The molecule has 0 bridgehead atoms. The fourth-order valence-corrected chi connectivity index (χ4v) is 2.95. The van der Waals surface area contributed by atoms with Gasteiger partial charge in [-0.3, -0.25) is 4.68 Å². The number of hydrogen-bond donors (Lipinski definition) is 1. The first kappa shape index (κ1) is 16.7. The fourth-order valence-electron chi connectivity index (χ4n) is 2.95. The van der Waals surface area contributed by atoms with Crippen molar-refractivity contribution in [3.05, 3.63) is 54.9 Å². The average molecular weight is 354 g/mol. The summed E-state index contributed by atoms with van der Waals surface area (Å²) >= 11 is 0. The lowest BCUT2D eigenvalue weighted by Crippen LogP contribution is -2.41. The maximum atomic E-state index is 6.04. The second-order valence-corrected chi connectivity index (χ2v) is 6.22. The molecule has 1 aliphatic rings. The van der Waals surface area contributed by atoms with Crippen molar-refractivity contribution in [2.45, 2.75) is 32.2 Å². The van der Waals surface area contributed by atoms with Crippen LogP contribution in [-0.2, 0) is 17.8 Å². The molecule has 0 radical (unpaired) electrons. The van der Waals surface area contributed by atoms with Gasteiger partial charge in [-0.05, 0) is 24.6 Å². The van der Waals surface area contributed by atoms with E-state index in [0.29, 0.717) is 13.2 Å². The highest BCUT2D eigenvalue weighted by Gasteiger charge is 2.30. The number of nitrogens with one attached hydrogen (secondary N) is 1. The van der Waals surface area contributed by atoms with Gasteiger partial charge in [-0.25, -0.2) is 9.67 Å². The van der Waals surface area contributed by atoms with Gasteiger partial charge in [-0.2, -0.15) is 10.2 Å². The molecule has 1 aliphatic heterocycles. The fraction of sp³-hybridized carbons (Fsp3) is 0.389. The largest absolute Gasteiger partial charge is 0.483 e. The van der Waals surface area contributed by atoms with Crippen LogP contribution in [0.25, 0.3) is 5.69 Å². The number of aryl methyl sites for hydroxylation is 1. The Morgan fingerprint density at radius 2 is 2.12 bits per heavy atom. The van der Waals surface area contributed by atoms with Gasteiger partial charge >= 0.3 is 0 Å². The van der Waals surface area contributed by atoms with Crippen LogP contribution < -0.4 is 10.1 Å². The summed E-state index contributed by atoms with van der Waals surface area (Å²) in [5.74, 6) is 0.784. The Bertz CT molecular complexity index is 815. The van der Waals surface area contributed by atoms with Crippen LogP contribution in [0, 0.1) is 0 Å². The van der Waals surface area contributed by atoms with E-state index >= 15 is 0 Å². The standard InChI is InChI=1S/C18H22N6O2/c1-2-23-9-16(8-21-23)26-18-11-25-10-17(18)20-7-14-3-5-15(6-4-14)24-13-19-12-22-24/h3-6,8-9,12-13,17-18,20H,2,7,10-11H2,1H3/t17-,18+/m0/s1. The van der Waals surface area contributed by atoms with Gasteiger partial charge < -0.3 is 14.8 Å². The summed E-state index contributed by atoms with van der Waals surface area (Å²) in [6.45, 7) is 4.86. The first-order valence-electron chi connectivity index (χ1n) is 8.76. The summed E-state index contributed by atoms with van der Waals surface area (Å²) in [5, 5.41) is 11.9. The van der Waals surface area contributed by atoms with E-state index < -0.39 is 0 Å². The van der Waals surface area contributed by atoms with E-state index in [0.717, 1.165) is 24.5 Å². The Labute approximate surface area is 151 Å². The Morgan fingerprint density at radius 1 is 1.23 bits per heavy atom. The molecule has 1 N–H and O–H groups in total. The smallest absolute Gasteiger partial charge is 0.157 e. The Kier molecular flexibility index (Phi) is 4.94. The van der Waals surface area contributed by atoms with Crippen molar-refractivity contribution in [1.29, 1.82) is 0 Å². The third-order valence-electron chi connectivity index (χ3n) is 4.44. The van der Waals surface area contributed by atoms with Crippen molar-refractivity contribution in [1.82, 2.24) is 29.9 Å². The van der Waals surface area contributed by atoms with Crippen molar-refractivity contribution >= 4 is 0 Å². The minimum Gasteiger partial charge on any atom is -0.483 e. The van der Waals surface area contributed by atoms with Crippen molar-refractivity contribution < 1.29 is 9.47 Å². The van der Waals surface area contributed by atoms with Gasteiger partial charge in [0.2, 0.25) is 0 Å². The van der Waals surface area contributed by atoms with E-state index in [1.54, 1.807) is 17.2 Å². The second-order valence-electron chi connectivity index (χ2n) is 6.22. The van der Waals surface area contributed by atoms with Gasteiger partial charge in [-0.1, -0.05) is 12.1 Å². The molecule has 0 unspecified atom stereocenters. The van der Waals surface area contributed by atoms with E-state index in [-0.39, 0.29) is 12.1 Å². The molecule has 3 heterocycles. The molecule has 8 nitrogen and oxygen atoms in total. The van der Waals surface area contributed by atoms with E-state index in [4.69, 9.17) is 9.47 Å².